The van der Waals surface area contributed by atoms with Crippen molar-refractivity contribution in [1.29, 1.82) is 0 Å². The standard InChI is InChI=1S/C12H10F3O2/c13-12(14,15)11-6-3-5-10(8-11)4-1-2-7-17-9-16/h1,3-6,8H,2,7H2/b4-1+. The van der Waals surface area contributed by atoms with E-state index >= 15 is 0 Å². The molecule has 17 heavy (non-hydrogen) atoms. The lowest BCUT2D eigenvalue weighted by molar-refractivity contribution is -0.137. The molecule has 1 rings (SSSR count). The third-order valence-corrected chi connectivity index (χ3v) is 1.97. The van der Waals surface area contributed by atoms with Gasteiger partial charge in [-0.1, -0.05) is 24.3 Å². The van der Waals surface area contributed by atoms with Gasteiger partial charge in [-0.25, -0.2) is 4.79 Å². The van der Waals surface area contributed by atoms with Crippen molar-refractivity contribution in [3.05, 3.63) is 41.5 Å². The van der Waals surface area contributed by atoms with E-state index < -0.39 is 11.7 Å². The molecule has 2 nitrogen and oxygen atoms in total. The highest BCUT2D eigenvalue weighted by Gasteiger charge is 2.30. The Morgan fingerprint density at radius 3 is 2.76 bits per heavy atom. The fraction of sp³-hybridized carbons (Fsp3) is 0.250. The normalized spacial score (nSPS) is 11.7. The van der Waals surface area contributed by atoms with Gasteiger partial charge in [0.05, 0.1) is 12.2 Å². The first kappa shape index (κ1) is 13.3. The summed E-state index contributed by atoms with van der Waals surface area (Å²) >= 11 is 0. The summed E-state index contributed by atoms with van der Waals surface area (Å²) in [5, 5.41) is 0. The third kappa shape index (κ3) is 4.72. The van der Waals surface area contributed by atoms with Gasteiger partial charge in [-0.05, 0) is 24.1 Å². The summed E-state index contributed by atoms with van der Waals surface area (Å²) in [6, 6.07) is 4.99. The molecule has 0 unspecified atom stereocenters. The van der Waals surface area contributed by atoms with Crippen LogP contribution in [0.3, 0.4) is 0 Å². The Hall–Kier alpha value is -1.78. The summed E-state index contributed by atoms with van der Waals surface area (Å²) < 4.78 is 41.4. The number of hydrogen-bond donors (Lipinski definition) is 0. The minimum Gasteiger partial charge on any atom is -0.457 e. The Balaban J connectivity index is 2.63. The maximum atomic E-state index is 12.4. The molecule has 0 aliphatic heterocycles. The minimum atomic E-state index is -4.33. The van der Waals surface area contributed by atoms with Gasteiger partial charge in [0, 0.05) is 0 Å². The number of rotatable bonds is 5. The van der Waals surface area contributed by atoms with Crippen LogP contribution in [-0.2, 0) is 15.7 Å². The van der Waals surface area contributed by atoms with Gasteiger partial charge in [0.15, 0.2) is 0 Å². The van der Waals surface area contributed by atoms with Crippen molar-refractivity contribution in [2.24, 2.45) is 0 Å². The zero-order chi connectivity index (χ0) is 12.7. The Morgan fingerprint density at radius 1 is 1.35 bits per heavy atom. The summed E-state index contributed by atoms with van der Waals surface area (Å²) in [4.78, 5) is 9.70. The lowest BCUT2D eigenvalue weighted by Crippen LogP contribution is -2.04. The molecule has 0 N–H and O–H groups in total. The van der Waals surface area contributed by atoms with Gasteiger partial charge >= 0.3 is 12.6 Å². The quantitative estimate of drug-likeness (QED) is 0.742. The zero-order valence-electron chi connectivity index (χ0n) is 8.83. The predicted molar refractivity (Wildman–Crippen MR) is 56.7 cm³/mol. The molecule has 0 aliphatic carbocycles. The molecule has 0 amide bonds. The van der Waals surface area contributed by atoms with Crippen LogP contribution in [0.5, 0.6) is 0 Å². The summed E-state index contributed by atoms with van der Waals surface area (Å²) in [5.74, 6) is 0. The van der Waals surface area contributed by atoms with Crippen molar-refractivity contribution >= 4 is 12.5 Å². The van der Waals surface area contributed by atoms with Gasteiger partial charge in [-0.15, -0.1) is 0 Å². The number of halogens is 3. The van der Waals surface area contributed by atoms with Gasteiger partial charge in [-0.3, -0.25) is 0 Å². The molecule has 0 saturated carbocycles. The van der Waals surface area contributed by atoms with E-state index in [0.29, 0.717) is 12.0 Å². The maximum Gasteiger partial charge on any atom is 0.417 e. The maximum absolute atomic E-state index is 12.4. The van der Waals surface area contributed by atoms with Crippen LogP contribution in [0.2, 0.25) is 0 Å². The van der Waals surface area contributed by atoms with Crippen LogP contribution in [0.4, 0.5) is 13.2 Å². The molecule has 91 valence electrons. The second-order valence-electron chi connectivity index (χ2n) is 3.25. The third-order valence-electron chi connectivity index (χ3n) is 1.97. The van der Waals surface area contributed by atoms with Crippen molar-refractivity contribution < 1.29 is 22.7 Å². The highest BCUT2D eigenvalue weighted by Crippen LogP contribution is 2.29. The Kier molecular flexibility index (Phi) is 4.75. The molecule has 1 aromatic rings. The van der Waals surface area contributed by atoms with E-state index in [1.54, 1.807) is 18.2 Å². The number of benzene rings is 1. The molecule has 5 heteroatoms. The molecule has 0 spiro atoms. The van der Waals surface area contributed by atoms with E-state index in [0.717, 1.165) is 12.1 Å². The van der Waals surface area contributed by atoms with E-state index in [-0.39, 0.29) is 6.61 Å². The Labute approximate surface area is 96.7 Å². The SMILES string of the molecule is O=[C]OCC/C=C/c1cccc(C(F)(F)F)c1. The number of alkyl halides is 3. The molecular weight excluding hydrogens is 233 g/mol. The van der Waals surface area contributed by atoms with Crippen molar-refractivity contribution in [2.75, 3.05) is 6.61 Å². The Bertz CT molecular complexity index is 397. The topological polar surface area (TPSA) is 26.3 Å². The molecule has 0 atom stereocenters. The van der Waals surface area contributed by atoms with Crippen molar-refractivity contribution in [3.63, 3.8) is 0 Å². The number of hydrogen-bond acceptors (Lipinski definition) is 2. The number of ether oxygens (including phenoxy) is 1. The van der Waals surface area contributed by atoms with E-state index in [9.17, 15) is 18.0 Å². The van der Waals surface area contributed by atoms with Crippen LogP contribution in [0.25, 0.3) is 6.08 Å². The molecule has 1 radical (unpaired) electrons. The first-order valence-electron chi connectivity index (χ1n) is 4.87. The van der Waals surface area contributed by atoms with Gasteiger partial charge in [0.2, 0.25) is 0 Å². The van der Waals surface area contributed by atoms with Crippen LogP contribution >= 0.6 is 0 Å². The molecule has 0 aromatic heterocycles. The summed E-state index contributed by atoms with van der Waals surface area (Å²) in [7, 11) is 0. The molecule has 0 aliphatic rings. The smallest absolute Gasteiger partial charge is 0.417 e. The molecule has 1 aromatic carbocycles. The number of carbonyl (C=O) groups excluding carboxylic acids is 1. The summed E-state index contributed by atoms with van der Waals surface area (Å²) in [6.45, 7) is 1.43. The van der Waals surface area contributed by atoms with Crippen molar-refractivity contribution in [3.8, 4) is 0 Å². The van der Waals surface area contributed by atoms with Crippen LogP contribution in [0, 0.1) is 0 Å². The highest BCUT2D eigenvalue weighted by molar-refractivity contribution is 5.50. The molecule has 0 bridgehead atoms. The first-order chi connectivity index (χ1) is 8.04. The fourth-order valence-electron chi connectivity index (χ4n) is 1.21. The molecule has 0 fully saturated rings. The van der Waals surface area contributed by atoms with E-state index in [1.807, 2.05) is 0 Å². The van der Waals surface area contributed by atoms with Crippen LogP contribution in [-0.4, -0.2) is 13.1 Å². The predicted octanol–water partition coefficient (Wildman–Crippen LogP) is 3.19. The second-order valence-corrected chi connectivity index (χ2v) is 3.25. The van der Waals surface area contributed by atoms with Crippen LogP contribution in [0.1, 0.15) is 17.5 Å². The zero-order valence-corrected chi connectivity index (χ0v) is 8.83. The average Bonchev–Trinajstić information content (AvgIpc) is 2.28. The minimum absolute atomic E-state index is 0.166. The van der Waals surface area contributed by atoms with Crippen molar-refractivity contribution in [1.82, 2.24) is 0 Å². The van der Waals surface area contributed by atoms with Crippen molar-refractivity contribution in [2.45, 2.75) is 12.6 Å². The van der Waals surface area contributed by atoms with E-state index in [1.165, 1.54) is 12.5 Å². The highest BCUT2D eigenvalue weighted by atomic mass is 19.4. The van der Waals surface area contributed by atoms with Gasteiger partial charge in [0.25, 0.3) is 0 Å². The summed E-state index contributed by atoms with van der Waals surface area (Å²) in [5.41, 5.74) is -0.230. The summed E-state index contributed by atoms with van der Waals surface area (Å²) in [6.07, 6.45) is -0.721. The average molecular weight is 243 g/mol. The van der Waals surface area contributed by atoms with E-state index in [2.05, 4.69) is 4.74 Å². The molecule has 0 heterocycles. The fourth-order valence-corrected chi connectivity index (χ4v) is 1.21. The first-order valence-corrected chi connectivity index (χ1v) is 4.87. The van der Waals surface area contributed by atoms with Gasteiger partial charge in [-0.2, -0.15) is 13.2 Å². The Morgan fingerprint density at radius 2 is 2.12 bits per heavy atom. The lowest BCUT2D eigenvalue weighted by atomic mass is 10.1. The van der Waals surface area contributed by atoms with Gasteiger partial charge in [0.1, 0.15) is 0 Å². The molecule has 0 saturated heterocycles. The van der Waals surface area contributed by atoms with Gasteiger partial charge < -0.3 is 4.74 Å². The van der Waals surface area contributed by atoms with Crippen LogP contribution in [0.15, 0.2) is 30.3 Å². The second kappa shape index (κ2) is 6.08. The lowest BCUT2D eigenvalue weighted by Gasteiger charge is -2.06. The molecular formula is C12H10F3O2. The van der Waals surface area contributed by atoms with E-state index in [4.69, 9.17) is 0 Å². The van der Waals surface area contributed by atoms with Crippen LogP contribution < -0.4 is 0 Å². The monoisotopic (exact) mass is 243 g/mol. The largest absolute Gasteiger partial charge is 0.457 e.